The highest BCUT2D eigenvalue weighted by Crippen LogP contribution is 2.51. The lowest BCUT2D eigenvalue weighted by molar-refractivity contribution is -0.308. The minimum Gasteiger partial charge on any atom is -0.548 e. The van der Waals surface area contributed by atoms with Crippen molar-refractivity contribution in [2.75, 3.05) is 59.6 Å². The Bertz CT molecular complexity index is 5020. The van der Waals surface area contributed by atoms with Gasteiger partial charge in [0, 0.05) is 131 Å². The maximum Gasteiger partial charge on any atom is 0.264 e. The molecule has 4 aromatic heterocycles. The van der Waals surface area contributed by atoms with Gasteiger partial charge >= 0.3 is 0 Å². The number of carbonyl (C=O) groups excluding carboxylic acids is 2. The zero-order valence-corrected chi connectivity index (χ0v) is 82.9. The number of rotatable bonds is 9. The second-order valence-electron chi connectivity index (χ2n) is 32.1. The number of hydrogen-bond donors (Lipinski definition) is 2. The lowest BCUT2D eigenvalue weighted by atomic mass is 9.74. The molecule has 7 heterocycles. The van der Waals surface area contributed by atoms with E-state index in [9.17, 15) is 23.1 Å². The van der Waals surface area contributed by atoms with Crippen LogP contribution in [0.25, 0.3) is 0 Å². The van der Waals surface area contributed by atoms with Gasteiger partial charge in [-0.3, -0.25) is 28.9 Å². The molecule has 17 rings (SSSR count). The van der Waals surface area contributed by atoms with Gasteiger partial charge in [0.15, 0.2) is 0 Å². The van der Waals surface area contributed by atoms with Crippen molar-refractivity contribution < 1.29 is 27.3 Å². The number of carbonyl (C=O) groups is 2. The summed E-state index contributed by atoms with van der Waals surface area (Å²) in [4.78, 5) is 45.3. The van der Waals surface area contributed by atoms with Crippen LogP contribution in [-0.4, -0.2) is 122 Å². The summed E-state index contributed by atoms with van der Waals surface area (Å²) in [7, 11) is 0.983. The number of pyridine rings is 4. The highest BCUT2D eigenvalue weighted by atomic mass is 79.9. The standard InChI is InChI=1S/C20H21Br2ClN2.C20H20Br2ClN.C19H19Br2ClN2.C14H10Br2ClN.C11H13NO3.C7H15NO3S/c1-25-6-4-12(5-7-25)19-18-13(9-16(23)10-17(18)22)2-3-14-8-15(21)11-24-20(14)19;21-15-8-14-7-6-13-9-16(23)10-17(22)18(13)19(20(14)24-11-15)12-4-2-1-3-5-12;20-14-7-13-2-1-12-8-15(22)9-16(21)17(12)18(19(13)24-10-14)11-3-5-23-6-4-11;15-10-3-9-2-1-8-4-11(17)5-13(16)12(8)6-14(9)18-7-10;1-8(13)12-10(11(14)15)7-9-5-3-2-4-6-9;1-8-5-3-7(4-6-8)11-12(2,9)10/h8-12,19H,2-7H2,1H3;8-12,19H,1-7H2;7-11,18,23H,1-6H2;3-5,7H,1-2,6H2;2-6,10H,7H2,1H3,(H,12,13)(H,14,15);7H,3-6H2,1-2H3/p-1/t2*19-;18-;;;/m111.../s1. The van der Waals surface area contributed by atoms with E-state index in [4.69, 9.17) is 65.5 Å². The number of nitrogens with one attached hydrogen (secondary N) is 2. The minimum absolute atomic E-state index is 0.101. The molecule has 1 amide bonds. The van der Waals surface area contributed by atoms with Crippen LogP contribution in [0.5, 0.6) is 0 Å². The molecular weight excluding hydrogens is 2110 g/mol. The highest BCUT2D eigenvalue weighted by Gasteiger charge is 2.39. The number of carboxylic acids is 1. The molecule has 3 aliphatic heterocycles. The summed E-state index contributed by atoms with van der Waals surface area (Å²) in [6.45, 7) is 7.61. The van der Waals surface area contributed by atoms with Gasteiger partial charge in [-0.1, -0.05) is 160 Å². The van der Waals surface area contributed by atoms with Gasteiger partial charge in [-0.15, -0.1) is 0 Å². The number of likely N-dealkylation sites (tertiary alicyclic amines) is 2. The summed E-state index contributed by atoms with van der Waals surface area (Å²) in [6.07, 6.45) is 31.1. The predicted molar refractivity (Wildman–Crippen MR) is 504 cm³/mol. The van der Waals surface area contributed by atoms with Crippen molar-refractivity contribution in [3.05, 3.63) is 279 Å². The topological polar surface area (TPSA) is 183 Å². The van der Waals surface area contributed by atoms with Crippen LogP contribution in [-0.2, 0) is 88.1 Å². The first-order chi connectivity index (χ1) is 56.5. The third-order valence-electron chi connectivity index (χ3n) is 23.7. The van der Waals surface area contributed by atoms with E-state index in [2.05, 4.69) is 215 Å². The molecule has 27 heteroatoms. The van der Waals surface area contributed by atoms with E-state index >= 15 is 0 Å². The van der Waals surface area contributed by atoms with Crippen molar-refractivity contribution in [3.8, 4) is 0 Å². The van der Waals surface area contributed by atoms with Crippen molar-refractivity contribution in [1.82, 2.24) is 40.4 Å². The molecule has 3 saturated heterocycles. The van der Waals surface area contributed by atoms with Gasteiger partial charge in [-0.2, -0.15) is 8.42 Å². The van der Waals surface area contributed by atoms with Gasteiger partial charge in [-0.05, 0) is 376 Å². The molecule has 1 saturated carbocycles. The monoisotopic (exact) mass is 2200 g/mol. The summed E-state index contributed by atoms with van der Waals surface area (Å²) in [5.74, 6) is 1.36. The zero-order valence-electron chi connectivity index (χ0n) is 66.4. The molecular formula is C91H97Br8Cl4N8O6S-. The van der Waals surface area contributed by atoms with Crippen molar-refractivity contribution in [1.29, 1.82) is 0 Å². The fraction of sp³-hybridized carbons (Fsp3) is 0.429. The molecule has 2 N–H and O–H groups in total. The van der Waals surface area contributed by atoms with Crippen LogP contribution >= 0.6 is 174 Å². The number of aliphatic carboxylic acids is 1. The van der Waals surface area contributed by atoms with Gasteiger partial charge in [0.1, 0.15) is 0 Å². The number of aromatic nitrogens is 4. The molecule has 1 unspecified atom stereocenters. The Hall–Kier alpha value is -3.57. The molecule has 4 fully saturated rings. The van der Waals surface area contributed by atoms with Gasteiger partial charge in [0.05, 0.1) is 41.5 Å². The molecule has 4 atom stereocenters. The summed E-state index contributed by atoms with van der Waals surface area (Å²) in [6, 6.07) is 33.7. The quantitative estimate of drug-likeness (QED) is 0.130. The molecule has 628 valence electrons. The van der Waals surface area contributed by atoms with Gasteiger partial charge in [0.25, 0.3) is 10.1 Å². The number of piperidine rings is 3. The van der Waals surface area contributed by atoms with E-state index in [1.165, 1.54) is 154 Å². The predicted octanol–water partition coefficient (Wildman–Crippen LogP) is 22.9. The first-order valence-corrected chi connectivity index (χ1v) is 50.1. The van der Waals surface area contributed by atoms with Crippen molar-refractivity contribution in [2.45, 2.75) is 172 Å². The van der Waals surface area contributed by atoms with Gasteiger partial charge in [0.2, 0.25) is 5.91 Å². The van der Waals surface area contributed by atoms with Crippen LogP contribution in [0.4, 0.5) is 0 Å². The molecule has 0 bridgehead atoms. The maximum atomic E-state index is 10.7. The number of fused-ring (bicyclic) bond motifs is 8. The minimum atomic E-state index is -3.26. The molecule has 0 spiro atoms. The molecule has 14 nitrogen and oxygen atoms in total. The Morgan fingerprint density at radius 3 is 1.30 bits per heavy atom. The summed E-state index contributed by atoms with van der Waals surface area (Å²) in [5.41, 5.74) is 22.3. The van der Waals surface area contributed by atoms with Gasteiger partial charge < -0.3 is 30.3 Å². The Balaban J connectivity index is 0.000000132. The van der Waals surface area contributed by atoms with Crippen LogP contribution in [0, 0.1) is 17.8 Å². The average Bonchev–Trinajstić information content (AvgIpc) is 1.56. The largest absolute Gasteiger partial charge is 0.548 e. The molecule has 9 aromatic rings. The number of nitrogens with zero attached hydrogens (tertiary/aromatic N) is 6. The molecule has 5 aromatic carbocycles. The number of hydrogen-bond acceptors (Lipinski definition) is 13. The summed E-state index contributed by atoms with van der Waals surface area (Å²) in [5, 5.41) is 19.8. The van der Waals surface area contributed by atoms with E-state index in [-0.39, 0.29) is 18.4 Å². The number of benzene rings is 5. The SMILES string of the molecule is CC(=O)NC(Cc1ccccc1)C(=O)[O-].CN1CCC(OS(C)(=O)=O)CC1.CN1CCC([C@H]2c3ncc(Br)cc3CCc3cc(Cl)cc(Br)c32)CC1.Clc1cc(Br)c2c(c1)CCc1cc(Br)cnc1C2.Clc1cc(Br)c2c(c1)CCc1cc(Br)cnc1[C@@H]2C1CCCCC1.Clc1cc(Br)c2c(c1)CCc1cc(Br)cnc1[C@@H]2C1CCNCC1. The Morgan fingerprint density at radius 1 is 0.492 bits per heavy atom. The average molecular weight is 2210 g/mol. The molecule has 0 radical (unpaired) electrons. The Kier molecular flexibility index (Phi) is 34.9. The summed E-state index contributed by atoms with van der Waals surface area (Å²) >= 11 is 54.5. The first-order valence-electron chi connectivity index (χ1n) is 40.4. The fourth-order valence-corrected chi connectivity index (χ4v) is 24.7. The summed E-state index contributed by atoms with van der Waals surface area (Å²) < 4.78 is 35.1. The lowest BCUT2D eigenvalue weighted by Crippen LogP contribution is -2.48. The lowest BCUT2D eigenvalue weighted by Gasteiger charge is -2.35. The molecule has 5 aliphatic carbocycles. The number of amides is 1. The third kappa shape index (κ3) is 25.6. The number of carboxylic acid groups (broad SMARTS) is 1. The van der Waals surface area contributed by atoms with E-state index in [0.717, 1.165) is 178 Å². The normalized spacial score (nSPS) is 19.0. The van der Waals surface area contributed by atoms with E-state index < -0.39 is 22.1 Å². The van der Waals surface area contributed by atoms with E-state index in [1.54, 1.807) is 12.1 Å². The molecule has 8 aliphatic rings. The van der Waals surface area contributed by atoms with Crippen molar-refractivity contribution in [2.24, 2.45) is 17.8 Å². The van der Waals surface area contributed by atoms with Gasteiger partial charge in [-0.25, -0.2) is 0 Å². The van der Waals surface area contributed by atoms with Crippen LogP contribution in [0.2, 0.25) is 20.1 Å². The first kappa shape index (κ1) is 93.6. The molecule has 118 heavy (non-hydrogen) atoms. The third-order valence-corrected chi connectivity index (χ3v) is 29.6. The van der Waals surface area contributed by atoms with Crippen LogP contribution in [0.1, 0.15) is 190 Å². The van der Waals surface area contributed by atoms with Crippen molar-refractivity contribution in [3.63, 3.8) is 0 Å². The second kappa shape index (κ2) is 44.0. The zero-order chi connectivity index (χ0) is 84.1. The van der Waals surface area contributed by atoms with E-state index in [0.29, 0.717) is 35.5 Å². The number of halogens is 12. The van der Waals surface area contributed by atoms with Crippen LogP contribution < -0.4 is 15.7 Å². The Labute approximate surface area is 783 Å². The fourth-order valence-electron chi connectivity index (χ4n) is 18.1. The van der Waals surface area contributed by atoms with E-state index in [1.807, 2.05) is 68.2 Å². The maximum absolute atomic E-state index is 10.7. The number of aryl methyl sites for hydroxylation is 8. The smallest absolute Gasteiger partial charge is 0.264 e. The highest BCUT2D eigenvalue weighted by molar-refractivity contribution is 9.11. The van der Waals surface area contributed by atoms with Crippen molar-refractivity contribution >= 4 is 196 Å². The Morgan fingerprint density at radius 2 is 0.864 bits per heavy atom. The second-order valence-corrected chi connectivity index (χ2v) is 42.5. The van der Waals surface area contributed by atoms with Crippen LogP contribution in [0.3, 0.4) is 0 Å². The van der Waals surface area contributed by atoms with Crippen LogP contribution in [0.15, 0.2) is 164 Å².